The van der Waals surface area contributed by atoms with Gasteiger partial charge in [0.2, 0.25) is 0 Å². The van der Waals surface area contributed by atoms with Crippen molar-refractivity contribution >= 4 is 25.8 Å². The van der Waals surface area contributed by atoms with Crippen LogP contribution in [-0.4, -0.2) is 37.2 Å². The monoisotopic (exact) mass is 324 g/mol. The highest BCUT2D eigenvalue weighted by molar-refractivity contribution is 9.10. The number of aliphatic hydroxyl groups is 1. The van der Waals surface area contributed by atoms with Crippen LogP contribution in [0.1, 0.15) is 0 Å². The first-order valence-corrected chi connectivity index (χ1v) is 7.49. The molecule has 4 nitrogen and oxygen atoms in total. The molecular weight excluding hydrogens is 315 g/mol. The summed E-state index contributed by atoms with van der Waals surface area (Å²) in [7, 11) is -3.30. The van der Waals surface area contributed by atoms with Gasteiger partial charge in [0.05, 0.1) is 11.5 Å². The van der Waals surface area contributed by atoms with Crippen molar-refractivity contribution in [2.75, 3.05) is 11.5 Å². The summed E-state index contributed by atoms with van der Waals surface area (Å²) in [6, 6.07) is 4.10. The van der Waals surface area contributed by atoms with E-state index >= 15 is 0 Å². The zero-order valence-electron chi connectivity index (χ0n) is 8.64. The van der Waals surface area contributed by atoms with E-state index in [0.717, 1.165) is 0 Å². The van der Waals surface area contributed by atoms with Crippen LogP contribution >= 0.6 is 15.9 Å². The maximum atomic E-state index is 13.4. The Morgan fingerprint density at radius 3 is 2.71 bits per heavy atom. The van der Waals surface area contributed by atoms with Gasteiger partial charge >= 0.3 is 0 Å². The fraction of sp³-hybridized carbons (Fsp3) is 0.400. The predicted molar refractivity (Wildman–Crippen MR) is 63.2 cm³/mol. The van der Waals surface area contributed by atoms with Gasteiger partial charge in [-0.15, -0.1) is 0 Å². The Balaban J connectivity index is 2.19. The van der Waals surface area contributed by atoms with Crippen LogP contribution in [0.4, 0.5) is 4.39 Å². The Morgan fingerprint density at radius 2 is 2.12 bits per heavy atom. The van der Waals surface area contributed by atoms with E-state index in [-0.39, 0.29) is 17.3 Å². The first-order valence-electron chi connectivity index (χ1n) is 4.87. The lowest BCUT2D eigenvalue weighted by atomic mass is 10.2. The number of aliphatic hydroxyl groups excluding tert-OH is 1. The lowest BCUT2D eigenvalue weighted by Gasteiger charge is -2.16. The molecule has 0 aliphatic carbocycles. The van der Waals surface area contributed by atoms with Crippen LogP contribution in [0.3, 0.4) is 0 Å². The van der Waals surface area contributed by atoms with Crippen molar-refractivity contribution < 1.29 is 22.7 Å². The standard InChI is InChI=1S/C10H10BrFO4S/c11-6-1-2-7(12)9(3-6)16-10-5-17(14,15)4-8(10)13/h1-3,8,10,13H,4-5H2. The second-order valence-electron chi connectivity index (χ2n) is 3.88. The van der Waals surface area contributed by atoms with Gasteiger partial charge in [-0.1, -0.05) is 15.9 Å². The molecule has 1 heterocycles. The third-order valence-corrected chi connectivity index (χ3v) is 4.62. The number of hydrogen-bond donors (Lipinski definition) is 1. The molecule has 2 atom stereocenters. The Morgan fingerprint density at radius 1 is 1.41 bits per heavy atom. The van der Waals surface area contributed by atoms with Crippen molar-refractivity contribution in [3.05, 3.63) is 28.5 Å². The molecule has 1 saturated heterocycles. The molecule has 1 N–H and O–H groups in total. The van der Waals surface area contributed by atoms with Gasteiger partial charge in [0.25, 0.3) is 0 Å². The fourth-order valence-electron chi connectivity index (χ4n) is 1.64. The second-order valence-corrected chi connectivity index (χ2v) is 6.94. The smallest absolute Gasteiger partial charge is 0.165 e. The number of hydrogen-bond acceptors (Lipinski definition) is 4. The zero-order valence-corrected chi connectivity index (χ0v) is 11.0. The van der Waals surface area contributed by atoms with Gasteiger partial charge < -0.3 is 9.84 Å². The van der Waals surface area contributed by atoms with Crippen LogP contribution in [0, 0.1) is 5.82 Å². The first kappa shape index (κ1) is 12.8. The Labute approximate surface area is 106 Å². The average molecular weight is 325 g/mol. The summed E-state index contributed by atoms with van der Waals surface area (Å²) in [5.74, 6) is -1.29. The molecule has 17 heavy (non-hydrogen) atoms. The third kappa shape index (κ3) is 2.97. The minimum absolute atomic E-state index is 0.0690. The van der Waals surface area contributed by atoms with Gasteiger partial charge in [-0.2, -0.15) is 0 Å². The molecule has 1 aliphatic rings. The van der Waals surface area contributed by atoms with Crippen molar-refractivity contribution in [1.82, 2.24) is 0 Å². The molecule has 0 saturated carbocycles. The molecule has 0 amide bonds. The van der Waals surface area contributed by atoms with Crippen LogP contribution < -0.4 is 4.74 Å². The normalized spacial score (nSPS) is 27.0. The minimum Gasteiger partial charge on any atom is -0.484 e. The highest BCUT2D eigenvalue weighted by Crippen LogP contribution is 2.26. The van der Waals surface area contributed by atoms with Crippen LogP contribution in [0.2, 0.25) is 0 Å². The average Bonchev–Trinajstić information content (AvgIpc) is 2.46. The van der Waals surface area contributed by atoms with E-state index in [1.54, 1.807) is 0 Å². The highest BCUT2D eigenvalue weighted by Gasteiger charge is 2.38. The molecule has 0 aromatic heterocycles. The highest BCUT2D eigenvalue weighted by atomic mass is 79.9. The van der Waals surface area contributed by atoms with Gasteiger partial charge in [-0.3, -0.25) is 0 Å². The number of ether oxygens (including phenoxy) is 1. The van der Waals surface area contributed by atoms with Crippen LogP contribution in [0.5, 0.6) is 5.75 Å². The summed E-state index contributed by atoms with van der Waals surface area (Å²) in [5.41, 5.74) is 0. The number of sulfone groups is 1. The van der Waals surface area contributed by atoms with Gasteiger partial charge in [0.15, 0.2) is 21.4 Å². The Kier molecular flexibility index (Phi) is 3.42. The fourth-order valence-corrected chi connectivity index (χ4v) is 3.64. The number of halogens is 2. The molecule has 1 aromatic carbocycles. The molecule has 1 aliphatic heterocycles. The van der Waals surface area contributed by atoms with E-state index in [4.69, 9.17) is 4.74 Å². The molecule has 0 radical (unpaired) electrons. The number of rotatable bonds is 2. The topological polar surface area (TPSA) is 63.6 Å². The number of benzene rings is 1. The molecule has 94 valence electrons. The molecular formula is C10H10BrFO4S. The quantitative estimate of drug-likeness (QED) is 0.885. The van der Waals surface area contributed by atoms with Crippen molar-refractivity contribution in [2.24, 2.45) is 0 Å². The van der Waals surface area contributed by atoms with Gasteiger partial charge in [0, 0.05) is 4.47 Å². The Bertz CT molecular complexity index is 531. The van der Waals surface area contributed by atoms with Crippen molar-refractivity contribution in [1.29, 1.82) is 0 Å². The maximum Gasteiger partial charge on any atom is 0.165 e. The molecule has 2 unspecified atom stereocenters. The summed E-state index contributed by atoms with van der Waals surface area (Å²) in [5, 5.41) is 9.51. The van der Waals surface area contributed by atoms with E-state index in [0.29, 0.717) is 4.47 Å². The molecule has 1 fully saturated rings. The van der Waals surface area contributed by atoms with Crippen LogP contribution in [0.15, 0.2) is 22.7 Å². The van der Waals surface area contributed by atoms with Crippen molar-refractivity contribution in [3.63, 3.8) is 0 Å². The molecule has 7 heteroatoms. The van der Waals surface area contributed by atoms with E-state index in [2.05, 4.69) is 15.9 Å². The summed E-state index contributed by atoms with van der Waals surface area (Å²) in [6.45, 7) is 0. The first-order chi connectivity index (χ1) is 7.87. The minimum atomic E-state index is -3.30. The van der Waals surface area contributed by atoms with Gasteiger partial charge in [-0.25, -0.2) is 12.8 Å². The largest absolute Gasteiger partial charge is 0.484 e. The molecule has 2 rings (SSSR count). The SMILES string of the molecule is O=S1(=O)CC(O)C(Oc2cc(Br)ccc2F)C1. The molecule has 1 aromatic rings. The Hall–Kier alpha value is -0.660. The lowest BCUT2D eigenvalue weighted by molar-refractivity contribution is 0.0710. The van der Waals surface area contributed by atoms with E-state index < -0.39 is 27.9 Å². The van der Waals surface area contributed by atoms with Crippen molar-refractivity contribution in [2.45, 2.75) is 12.2 Å². The van der Waals surface area contributed by atoms with E-state index in [9.17, 15) is 17.9 Å². The van der Waals surface area contributed by atoms with Crippen LogP contribution in [-0.2, 0) is 9.84 Å². The summed E-state index contributed by atoms with van der Waals surface area (Å²) in [6.07, 6.45) is -2.03. The lowest BCUT2D eigenvalue weighted by Crippen LogP contribution is -2.30. The van der Waals surface area contributed by atoms with Crippen LogP contribution in [0.25, 0.3) is 0 Å². The molecule has 0 bridgehead atoms. The third-order valence-electron chi connectivity index (χ3n) is 2.44. The van der Waals surface area contributed by atoms with Gasteiger partial charge in [0.1, 0.15) is 12.2 Å². The molecule has 0 spiro atoms. The predicted octanol–water partition coefficient (Wildman–Crippen LogP) is 1.12. The summed E-state index contributed by atoms with van der Waals surface area (Å²) in [4.78, 5) is 0. The van der Waals surface area contributed by atoms with Crippen molar-refractivity contribution in [3.8, 4) is 5.75 Å². The summed E-state index contributed by atoms with van der Waals surface area (Å²) >= 11 is 3.16. The second kappa shape index (κ2) is 4.55. The zero-order chi connectivity index (χ0) is 12.6. The van der Waals surface area contributed by atoms with Gasteiger partial charge in [-0.05, 0) is 18.2 Å². The van der Waals surface area contributed by atoms with E-state index in [1.165, 1.54) is 18.2 Å². The maximum absolute atomic E-state index is 13.4. The van der Waals surface area contributed by atoms with E-state index in [1.807, 2.05) is 0 Å². The summed E-state index contributed by atoms with van der Waals surface area (Å²) < 4.78 is 41.7.